The number of rotatable bonds is 6. The van der Waals surface area contributed by atoms with Gasteiger partial charge in [0, 0.05) is 18.5 Å². The van der Waals surface area contributed by atoms with Crippen molar-refractivity contribution >= 4 is 12.4 Å². The molecule has 0 amide bonds. The smallest absolute Gasteiger partial charge is 0.115 e. The molecule has 0 spiro atoms. The average Bonchev–Trinajstić information content (AvgIpc) is 2.98. The lowest BCUT2D eigenvalue weighted by molar-refractivity contribution is 0.288. The van der Waals surface area contributed by atoms with Crippen molar-refractivity contribution in [3.63, 3.8) is 0 Å². The predicted octanol–water partition coefficient (Wildman–Crippen LogP) is 3.93. The summed E-state index contributed by atoms with van der Waals surface area (Å²) in [7, 11) is 0. The van der Waals surface area contributed by atoms with E-state index < -0.39 is 0 Å². The summed E-state index contributed by atoms with van der Waals surface area (Å²) in [5.41, 5.74) is 2.67. The van der Waals surface area contributed by atoms with Crippen LogP contribution in [0.25, 0.3) is 0 Å². The highest BCUT2D eigenvalue weighted by atomic mass is 35.5. The van der Waals surface area contributed by atoms with E-state index in [1.165, 1.54) is 11.1 Å². The number of halogens is 1. The minimum Gasteiger partial charge on any atom is -0.508 e. The van der Waals surface area contributed by atoms with E-state index in [0.717, 1.165) is 38.9 Å². The van der Waals surface area contributed by atoms with Gasteiger partial charge in [-0.05, 0) is 67.1 Å². The van der Waals surface area contributed by atoms with Gasteiger partial charge in [0.1, 0.15) is 11.5 Å². The standard InChI is InChI=1S/C22H29NO2.ClH.H2O/c1-17(2)15-22(19-4-3-5-21(25)14-19)11-13-23(16-22)12-10-18-6-8-20(24)9-7-18;;/h3-9,14,17,24-25H,10-13,15-16H2,1-2H3;1H;1H2. The van der Waals surface area contributed by atoms with Gasteiger partial charge in [-0.3, -0.25) is 0 Å². The SMILES string of the molecule is CC(C)CC1(c2cccc(O)c2)CCN(CCc2ccc(O)cc2)C1.Cl.O. The second-order valence-electron chi connectivity index (χ2n) is 7.87. The lowest BCUT2D eigenvalue weighted by Gasteiger charge is -2.32. The third-order valence-electron chi connectivity index (χ3n) is 5.34. The van der Waals surface area contributed by atoms with E-state index in [0.29, 0.717) is 17.4 Å². The number of aromatic hydroxyl groups is 2. The molecule has 1 saturated heterocycles. The molecule has 0 radical (unpaired) electrons. The number of likely N-dealkylation sites (tertiary alicyclic amines) is 1. The van der Waals surface area contributed by atoms with Gasteiger partial charge in [0.25, 0.3) is 0 Å². The zero-order valence-electron chi connectivity index (χ0n) is 16.2. The van der Waals surface area contributed by atoms with Crippen molar-refractivity contribution in [1.82, 2.24) is 4.90 Å². The Bertz CT molecular complexity index is 705. The lowest BCUT2D eigenvalue weighted by atomic mass is 9.73. The Morgan fingerprint density at radius 2 is 1.74 bits per heavy atom. The fourth-order valence-corrected chi connectivity index (χ4v) is 4.24. The molecule has 3 rings (SSSR count). The first kappa shape index (κ1) is 23.3. The molecular formula is C22H32ClNO3. The number of hydrogen-bond acceptors (Lipinski definition) is 3. The van der Waals surface area contributed by atoms with Gasteiger partial charge >= 0.3 is 0 Å². The van der Waals surface area contributed by atoms with Gasteiger partial charge in [0.15, 0.2) is 0 Å². The number of phenols is 2. The maximum atomic E-state index is 9.93. The Morgan fingerprint density at radius 3 is 2.37 bits per heavy atom. The zero-order chi connectivity index (χ0) is 17.9. The Balaban J connectivity index is 0.00000182. The molecule has 4 nitrogen and oxygen atoms in total. The van der Waals surface area contributed by atoms with Crippen LogP contribution in [0.4, 0.5) is 0 Å². The Kier molecular flexibility index (Phi) is 8.60. The van der Waals surface area contributed by atoms with Gasteiger partial charge in [0.05, 0.1) is 0 Å². The number of nitrogens with zero attached hydrogens (tertiary/aromatic N) is 1. The van der Waals surface area contributed by atoms with Crippen LogP contribution in [0.2, 0.25) is 0 Å². The van der Waals surface area contributed by atoms with E-state index in [-0.39, 0.29) is 23.3 Å². The minimum absolute atomic E-state index is 0. The summed E-state index contributed by atoms with van der Waals surface area (Å²) in [5.74, 6) is 1.31. The van der Waals surface area contributed by atoms with Crippen molar-refractivity contribution in [3.05, 3.63) is 59.7 Å². The maximum absolute atomic E-state index is 9.93. The molecule has 1 unspecified atom stereocenters. The minimum atomic E-state index is 0. The van der Waals surface area contributed by atoms with Crippen molar-refractivity contribution in [2.24, 2.45) is 5.92 Å². The van der Waals surface area contributed by atoms with E-state index in [4.69, 9.17) is 0 Å². The van der Waals surface area contributed by atoms with Crippen LogP contribution >= 0.6 is 12.4 Å². The van der Waals surface area contributed by atoms with Crippen LogP contribution in [-0.2, 0) is 11.8 Å². The lowest BCUT2D eigenvalue weighted by Crippen LogP contribution is -2.33. The highest BCUT2D eigenvalue weighted by Gasteiger charge is 2.39. The molecular weight excluding hydrogens is 362 g/mol. The van der Waals surface area contributed by atoms with Crippen LogP contribution in [0.5, 0.6) is 11.5 Å². The number of phenolic OH excluding ortho intramolecular Hbond substituents is 2. The first-order valence-corrected chi connectivity index (χ1v) is 9.27. The molecule has 1 atom stereocenters. The largest absolute Gasteiger partial charge is 0.508 e. The van der Waals surface area contributed by atoms with Gasteiger partial charge < -0.3 is 20.6 Å². The fourth-order valence-electron chi connectivity index (χ4n) is 4.24. The summed E-state index contributed by atoms with van der Waals surface area (Å²) in [4.78, 5) is 2.54. The first-order chi connectivity index (χ1) is 12.0. The van der Waals surface area contributed by atoms with Gasteiger partial charge in [0.2, 0.25) is 0 Å². The molecule has 0 bridgehead atoms. The summed E-state index contributed by atoms with van der Waals surface area (Å²) < 4.78 is 0. The highest BCUT2D eigenvalue weighted by Crippen LogP contribution is 2.41. The van der Waals surface area contributed by atoms with Crippen molar-refractivity contribution in [1.29, 1.82) is 0 Å². The second-order valence-corrected chi connectivity index (χ2v) is 7.87. The van der Waals surface area contributed by atoms with E-state index in [2.05, 4.69) is 24.8 Å². The van der Waals surface area contributed by atoms with E-state index in [1.54, 1.807) is 18.2 Å². The van der Waals surface area contributed by atoms with Crippen molar-refractivity contribution in [2.45, 2.75) is 38.5 Å². The molecule has 150 valence electrons. The van der Waals surface area contributed by atoms with E-state index in [9.17, 15) is 10.2 Å². The summed E-state index contributed by atoms with van der Waals surface area (Å²) in [5, 5.41) is 19.3. The monoisotopic (exact) mass is 393 g/mol. The summed E-state index contributed by atoms with van der Waals surface area (Å²) in [6.45, 7) is 7.74. The molecule has 1 aliphatic rings. The second kappa shape index (κ2) is 9.98. The zero-order valence-corrected chi connectivity index (χ0v) is 17.0. The van der Waals surface area contributed by atoms with Crippen molar-refractivity contribution < 1.29 is 15.7 Å². The summed E-state index contributed by atoms with van der Waals surface area (Å²) in [6.07, 6.45) is 3.29. The molecule has 1 fully saturated rings. The molecule has 27 heavy (non-hydrogen) atoms. The van der Waals surface area contributed by atoms with Gasteiger partial charge in [-0.15, -0.1) is 12.4 Å². The number of benzene rings is 2. The van der Waals surface area contributed by atoms with Crippen LogP contribution in [0, 0.1) is 5.92 Å². The third kappa shape index (κ3) is 5.86. The third-order valence-corrected chi connectivity index (χ3v) is 5.34. The van der Waals surface area contributed by atoms with Crippen molar-refractivity contribution in [2.75, 3.05) is 19.6 Å². The molecule has 0 aliphatic carbocycles. The molecule has 0 aromatic heterocycles. The summed E-state index contributed by atoms with van der Waals surface area (Å²) >= 11 is 0. The fraction of sp³-hybridized carbons (Fsp3) is 0.455. The molecule has 4 N–H and O–H groups in total. The van der Waals surface area contributed by atoms with Crippen LogP contribution in [0.1, 0.15) is 37.8 Å². The van der Waals surface area contributed by atoms with Crippen LogP contribution in [0.15, 0.2) is 48.5 Å². The molecule has 2 aromatic carbocycles. The molecule has 5 heteroatoms. The Labute approximate surface area is 168 Å². The van der Waals surface area contributed by atoms with E-state index >= 15 is 0 Å². The number of hydrogen-bond donors (Lipinski definition) is 2. The van der Waals surface area contributed by atoms with Crippen LogP contribution < -0.4 is 0 Å². The quantitative estimate of drug-likeness (QED) is 0.780. The summed E-state index contributed by atoms with van der Waals surface area (Å²) in [6, 6.07) is 15.4. The molecule has 1 aliphatic heterocycles. The molecule has 0 saturated carbocycles. The molecule has 2 aromatic rings. The van der Waals surface area contributed by atoms with Crippen LogP contribution in [-0.4, -0.2) is 40.2 Å². The van der Waals surface area contributed by atoms with Gasteiger partial charge in [-0.1, -0.05) is 38.1 Å². The highest BCUT2D eigenvalue weighted by molar-refractivity contribution is 5.85. The maximum Gasteiger partial charge on any atom is 0.115 e. The molecule has 1 heterocycles. The first-order valence-electron chi connectivity index (χ1n) is 9.27. The van der Waals surface area contributed by atoms with Crippen molar-refractivity contribution in [3.8, 4) is 11.5 Å². The predicted molar refractivity (Wildman–Crippen MR) is 113 cm³/mol. The van der Waals surface area contributed by atoms with Gasteiger partial charge in [-0.2, -0.15) is 0 Å². The Morgan fingerprint density at radius 1 is 1.04 bits per heavy atom. The normalized spacial score (nSPS) is 19.5. The topological polar surface area (TPSA) is 75.2 Å². The van der Waals surface area contributed by atoms with Gasteiger partial charge in [-0.25, -0.2) is 0 Å². The Hall–Kier alpha value is -1.75. The van der Waals surface area contributed by atoms with E-state index in [1.807, 2.05) is 24.3 Å². The van der Waals surface area contributed by atoms with Crippen LogP contribution in [0.3, 0.4) is 0 Å². The average molecular weight is 394 g/mol.